The summed E-state index contributed by atoms with van der Waals surface area (Å²) in [6.07, 6.45) is 1.23. The summed E-state index contributed by atoms with van der Waals surface area (Å²) < 4.78 is 5.13. The second-order valence-corrected chi connectivity index (χ2v) is 5.85. The molecule has 132 valence electrons. The van der Waals surface area contributed by atoms with Crippen molar-refractivity contribution in [2.24, 2.45) is 0 Å². The predicted octanol–water partition coefficient (Wildman–Crippen LogP) is 4.31. The van der Waals surface area contributed by atoms with E-state index in [0.29, 0.717) is 5.56 Å². The number of hydrogen-bond acceptors (Lipinski definition) is 6. The van der Waals surface area contributed by atoms with Crippen LogP contribution in [0.5, 0.6) is 0 Å². The highest BCUT2D eigenvalue weighted by Crippen LogP contribution is 2.25. The molecule has 0 radical (unpaired) electrons. The van der Waals surface area contributed by atoms with Gasteiger partial charge in [-0.15, -0.1) is 0 Å². The normalized spacial score (nSPS) is 11.8. The number of fused-ring (bicyclic) bond motifs is 2. The van der Waals surface area contributed by atoms with E-state index in [9.17, 15) is 20.0 Å². The van der Waals surface area contributed by atoms with Crippen LogP contribution in [0.4, 0.5) is 5.69 Å². The first kappa shape index (κ1) is 16.5. The van der Waals surface area contributed by atoms with Crippen molar-refractivity contribution < 1.29 is 14.4 Å². The average Bonchev–Trinajstić information content (AvgIpc) is 2.67. The molecule has 0 bridgehead atoms. The topological polar surface area (TPSA) is 106 Å². The summed E-state index contributed by atoms with van der Waals surface area (Å²) in [7, 11) is 0. The molecule has 1 heterocycles. The quantitative estimate of drug-likeness (QED) is 0.331. The molecule has 1 N–H and O–H groups in total. The van der Waals surface area contributed by atoms with Crippen LogP contribution in [0.25, 0.3) is 33.7 Å². The maximum atomic E-state index is 12.2. The molecule has 1 aromatic heterocycles. The van der Waals surface area contributed by atoms with E-state index in [1.165, 1.54) is 18.2 Å². The van der Waals surface area contributed by atoms with Crippen LogP contribution in [-0.2, 0) is 0 Å². The number of nitro groups is 1. The van der Waals surface area contributed by atoms with E-state index >= 15 is 0 Å². The van der Waals surface area contributed by atoms with Crippen LogP contribution in [0.15, 0.2) is 69.9 Å². The van der Waals surface area contributed by atoms with Gasteiger partial charge in [0, 0.05) is 17.7 Å². The first-order valence-corrected chi connectivity index (χ1v) is 8.01. The van der Waals surface area contributed by atoms with Crippen LogP contribution in [0, 0.1) is 10.1 Å². The van der Waals surface area contributed by atoms with E-state index in [4.69, 9.17) is 4.42 Å². The molecule has 3 aromatic carbocycles. The lowest BCUT2D eigenvalue weighted by atomic mass is 10.0. The molecule has 0 atom stereocenters. The highest BCUT2D eigenvalue weighted by molar-refractivity contribution is 5.95. The van der Waals surface area contributed by atoms with Gasteiger partial charge < -0.3 is 9.52 Å². The van der Waals surface area contributed by atoms with Crippen LogP contribution >= 0.6 is 0 Å². The summed E-state index contributed by atoms with van der Waals surface area (Å²) in [5, 5.41) is 23.1. The number of aliphatic hydroxyl groups excluding tert-OH is 1. The lowest BCUT2D eigenvalue weighted by Gasteiger charge is -2.05. The number of nitrogens with zero attached hydrogens (tertiary/aromatic N) is 2. The third-order valence-electron chi connectivity index (χ3n) is 4.15. The minimum absolute atomic E-state index is 0.0102. The van der Waals surface area contributed by atoms with E-state index in [1.54, 1.807) is 12.1 Å². The molecule has 0 aliphatic heterocycles. The van der Waals surface area contributed by atoms with Crippen molar-refractivity contribution in [3.05, 3.63) is 92.5 Å². The largest absolute Gasteiger partial charge is 0.507 e. The molecule has 0 unspecified atom stereocenters. The standard InChI is InChI=1S/C20H12N2O5/c23-18(15-7-3-5-12-4-1-2-6-14(12)15)11-17-20(24)27-19-10-13(22(25)26)8-9-16(19)21-17/h1-11,23H/b18-11-. The highest BCUT2D eigenvalue weighted by Gasteiger charge is 2.12. The molecule has 0 saturated heterocycles. The maximum Gasteiger partial charge on any atom is 0.362 e. The first-order valence-electron chi connectivity index (χ1n) is 8.01. The fourth-order valence-corrected chi connectivity index (χ4v) is 2.87. The second kappa shape index (κ2) is 6.38. The smallest absolute Gasteiger partial charge is 0.362 e. The molecule has 0 spiro atoms. The molecule has 0 amide bonds. The Labute approximate surface area is 152 Å². The van der Waals surface area contributed by atoms with Gasteiger partial charge in [-0.2, -0.15) is 0 Å². The van der Waals surface area contributed by atoms with Gasteiger partial charge in [-0.3, -0.25) is 10.1 Å². The van der Waals surface area contributed by atoms with Crippen LogP contribution in [0.1, 0.15) is 11.3 Å². The van der Waals surface area contributed by atoms with Gasteiger partial charge in [0.25, 0.3) is 5.69 Å². The third-order valence-corrected chi connectivity index (χ3v) is 4.15. The van der Waals surface area contributed by atoms with Gasteiger partial charge in [-0.05, 0) is 16.8 Å². The van der Waals surface area contributed by atoms with Gasteiger partial charge in [0.05, 0.1) is 11.0 Å². The fourth-order valence-electron chi connectivity index (χ4n) is 2.87. The van der Waals surface area contributed by atoms with Crippen LogP contribution in [-0.4, -0.2) is 15.0 Å². The van der Waals surface area contributed by atoms with Gasteiger partial charge in [-0.25, -0.2) is 9.78 Å². The monoisotopic (exact) mass is 360 g/mol. The van der Waals surface area contributed by atoms with Crippen molar-refractivity contribution in [3.8, 4) is 0 Å². The van der Waals surface area contributed by atoms with Crippen LogP contribution in [0.3, 0.4) is 0 Å². The number of rotatable bonds is 3. The minimum Gasteiger partial charge on any atom is -0.507 e. The van der Waals surface area contributed by atoms with Gasteiger partial charge >= 0.3 is 5.63 Å². The number of aliphatic hydroxyl groups is 1. The number of non-ortho nitro benzene ring substituents is 1. The summed E-state index contributed by atoms with van der Waals surface area (Å²) in [6.45, 7) is 0. The Morgan fingerprint density at radius 1 is 1.11 bits per heavy atom. The summed E-state index contributed by atoms with van der Waals surface area (Å²) in [5.41, 5.74) is -0.253. The highest BCUT2D eigenvalue weighted by atomic mass is 16.6. The molecule has 7 heteroatoms. The van der Waals surface area contributed by atoms with Gasteiger partial charge in [0.1, 0.15) is 11.3 Å². The van der Waals surface area contributed by atoms with Crippen molar-refractivity contribution in [1.82, 2.24) is 4.98 Å². The zero-order valence-corrected chi connectivity index (χ0v) is 13.8. The van der Waals surface area contributed by atoms with E-state index in [2.05, 4.69) is 4.98 Å². The van der Waals surface area contributed by atoms with Crippen molar-refractivity contribution in [2.45, 2.75) is 0 Å². The SMILES string of the molecule is O=c1oc2cc([N+](=O)[O-])ccc2nc1/C=C(\O)c1cccc2ccccc12. The van der Waals surface area contributed by atoms with Crippen molar-refractivity contribution in [1.29, 1.82) is 0 Å². The molecule has 0 saturated carbocycles. The molecular weight excluding hydrogens is 348 g/mol. The second-order valence-electron chi connectivity index (χ2n) is 5.85. The molecule has 7 nitrogen and oxygen atoms in total. The van der Waals surface area contributed by atoms with Gasteiger partial charge in [0.2, 0.25) is 0 Å². The molecule has 0 aliphatic carbocycles. The van der Waals surface area contributed by atoms with E-state index < -0.39 is 10.5 Å². The number of nitro benzene ring substituents is 1. The fraction of sp³-hybridized carbons (Fsp3) is 0. The van der Waals surface area contributed by atoms with E-state index in [-0.39, 0.29) is 28.2 Å². The molecule has 0 aliphatic rings. The Bertz CT molecular complexity index is 1290. The third kappa shape index (κ3) is 3.02. The zero-order valence-electron chi connectivity index (χ0n) is 13.8. The maximum absolute atomic E-state index is 12.2. The summed E-state index contributed by atoms with van der Waals surface area (Å²) >= 11 is 0. The van der Waals surface area contributed by atoms with Crippen molar-refractivity contribution >= 4 is 39.4 Å². The Morgan fingerprint density at radius 2 is 1.89 bits per heavy atom. The molecule has 0 fully saturated rings. The molecule has 4 aromatic rings. The summed E-state index contributed by atoms with van der Waals surface area (Å²) in [6, 6.07) is 16.8. The number of benzene rings is 3. The average molecular weight is 360 g/mol. The Hall–Kier alpha value is -4.00. The lowest BCUT2D eigenvalue weighted by Crippen LogP contribution is -2.07. The first-order chi connectivity index (χ1) is 13.0. The molecule has 4 rings (SSSR count). The van der Waals surface area contributed by atoms with E-state index in [0.717, 1.165) is 16.8 Å². The number of aromatic nitrogens is 1. The van der Waals surface area contributed by atoms with Gasteiger partial charge in [0.15, 0.2) is 11.3 Å². The predicted molar refractivity (Wildman–Crippen MR) is 101 cm³/mol. The summed E-state index contributed by atoms with van der Waals surface area (Å²) in [5.74, 6) is -0.132. The van der Waals surface area contributed by atoms with Crippen LogP contribution < -0.4 is 5.63 Å². The Kier molecular flexibility index (Phi) is 3.89. The zero-order chi connectivity index (χ0) is 19.0. The Balaban J connectivity index is 1.84. The minimum atomic E-state index is -0.796. The van der Waals surface area contributed by atoms with Gasteiger partial charge in [-0.1, -0.05) is 42.5 Å². The summed E-state index contributed by atoms with van der Waals surface area (Å²) in [4.78, 5) is 26.6. The van der Waals surface area contributed by atoms with Crippen LogP contribution in [0.2, 0.25) is 0 Å². The lowest BCUT2D eigenvalue weighted by molar-refractivity contribution is -0.384. The van der Waals surface area contributed by atoms with Crippen molar-refractivity contribution in [2.75, 3.05) is 0 Å². The number of hydrogen-bond donors (Lipinski definition) is 1. The van der Waals surface area contributed by atoms with Crippen molar-refractivity contribution in [3.63, 3.8) is 0 Å². The molecular formula is C20H12N2O5. The molecule has 27 heavy (non-hydrogen) atoms. The van der Waals surface area contributed by atoms with E-state index in [1.807, 2.05) is 30.3 Å². The Morgan fingerprint density at radius 3 is 2.70 bits per heavy atom.